The third-order valence-corrected chi connectivity index (χ3v) is 2.25. The highest BCUT2D eigenvalue weighted by molar-refractivity contribution is 6.43. The molecule has 0 aromatic heterocycles. The van der Waals surface area contributed by atoms with Gasteiger partial charge in [0, 0.05) is 12.5 Å². The van der Waals surface area contributed by atoms with Gasteiger partial charge in [0.1, 0.15) is 0 Å². The van der Waals surface area contributed by atoms with Gasteiger partial charge in [0.15, 0.2) is 17.3 Å². The molecule has 0 atom stereocenters. The lowest BCUT2D eigenvalue weighted by Crippen LogP contribution is -2.10. The van der Waals surface area contributed by atoms with Crippen LogP contribution < -0.4 is 14.2 Å². The molecule has 1 aromatic rings. The van der Waals surface area contributed by atoms with Crippen LogP contribution in [0, 0.1) is 0 Å². The average molecular weight is 238 g/mol. The lowest BCUT2D eigenvalue weighted by atomic mass is 10.1. The first-order valence-electron chi connectivity index (χ1n) is 4.90. The fraction of sp³-hybridized carbons (Fsp3) is 0.333. The fourth-order valence-electron chi connectivity index (χ4n) is 1.42. The van der Waals surface area contributed by atoms with Gasteiger partial charge < -0.3 is 14.2 Å². The van der Waals surface area contributed by atoms with Crippen molar-refractivity contribution in [1.82, 2.24) is 0 Å². The number of rotatable bonds is 5. The Kier molecular flexibility index (Phi) is 4.09. The Morgan fingerprint density at radius 2 is 1.41 bits per heavy atom. The Bertz CT molecular complexity index is 425. The molecule has 0 spiro atoms. The highest BCUT2D eigenvalue weighted by atomic mass is 16.5. The summed E-state index contributed by atoms with van der Waals surface area (Å²) in [6.45, 7) is 1.21. The summed E-state index contributed by atoms with van der Waals surface area (Å²) in [5.74, 6) is -0.0634. The second-order valence-corrected chi connectivity index (χ2v) is 3.30. The van der Waals surface area contributed by atoms with E-state index in [1.807, 2.05) is 0 Å². The number of carbonyl (C=O) groups is 2. The van der Waals surface area contributed by atoms with Crippen molar-refractivity contribution in [3.05, 3.63) is 17.7 Å². The van der Waals surface area contributed by atoms with Gasteiger partial charge in [-0.2, -0.15) is 0 Å². The average Bonchev–Trinajstić information content (AvgIpc) is 2.35. The van der Waals surface area contributed by atoms with Gasteiger partial charge in [0.2, 0.25) is 11.5 Å². The molecule has 0 N–H and O–H groups in total. The molecular weight excluding hydrogens is 224 g/mol. The summed E-state index contributed by atoms with van der Waals surface area (Å²) >= 11 is 0. The van der Waals surface area contributed by atoms with E-state index in [2.05, 4.69) is 0 Å². The second-order valence-electron chi connectivity index (χ2n) is 3.30. The number of hydrogen-bond donors (Lipinski definition) is 0. The smallest absolute Gasteiger partial charge is 0.228 e. The van der Waals surface area contributed by atoms with E-state index in [4.69, 9.17) is 14.2 Å². The first-order chi connectivity index (χ1) is 8.04. The number of benzene rings is 1. The van der Waals surface area contributed by atoms with E-state index in [1.165, 1.54) is 40.4 Å². The summed E-state index contributed by atoms with van der Waals surface area (Å²) < 4.78 is 15.3. The molecule has 0 aliphatic heterocycles. The van der Waals surface area contributed by atoms with Crippen LogP contribution >= 0.6 is 0 Å². The Morgan fingerprint density at radius 1 is 0.941 bits per heavy atom. The van der Waals surface area contributed by atoms with Crippen molar-refractivity contribution in [2.75, 3.05) is 21.3 Å². The van der Waals surface area contributed by atoms with Crippen molar-refractivity contribution >= 4 is 11.6 Å². The first kappa shape index (κ1) is 13.0. The molecule has 0 aliphatic rings. The zero-order valence-corrected chi connectivity index (χ0v) is 10.2. The normalized spacial score (nSPS) is 9.65. The molecule has 0 amide bonds. The van der Waals surface area contributed by atoms with Crippen molar-refractivity contribution in [2.45, 2.75) is 6.92 Å². The van der Waals surface area contributed by atoms with Gasteiger partial charge in [-0.3, -0.25) is 9.59 Å². The Labute approximate surface area is 99.3 Å². The minimum absolute atomic E-state index is 0.215. The number of hydrogen-bond acceptors (Lipinski definition) is 5. The van der Waals surface area contributed by atoms with Crippen molar-refractivity contribution in [3.63, 3.8) is 0 Å². The summed E-state index contributed by atoms with van der Waals surface area (Å²) in [7, 11) is 4.35. The second kappa shape index (κ2) is 5.34. The highest BCUT2D eigenvalue weighted by Crippen LogP contribution is 2.38. The zero-order valence-electron chi connectivity index (χ0n) is 10.2. The van der Waals surface area contributed by atoms with Crippen molar-refractivity contribution in [3.8, 4) is 17.2 Å². The summed E-state index contributed by atoms with van der Waals surface area (Å²) in [5, 5.41) is 0. The van der Waals surface area contributed by atoms with Crippen LogP contribution in [-0.4, -0.2) is 32.9 Å². The van der Waals surface area contributed by atoms with E-state index in [-0.39, 0.29) is 5.56 Å². The third-order valence-electron chi connectivity index (χ3n) is 2.25. The molecule has 5 nitrogen and oxygen atoms in total. The van der Waals surface area contributed by atoms with Gasteiger partial charge in [-0.25, -0.2) is 0 Å². The molecule has 0 radical (unpaired) electrons. The molecule has 17 heavy (non-hydrogen) atoms. The van der Waals surface area contributed by atoms with Crippen LogP contribution in [0.2, 0.25) is 0 Å². The molecule has 0 bridgehead atoms. The van der Waals surface area contributed by atoms with Crippen molar-refractivity contribution in [2.24, 2.45) is 0 Å². The fourth-order valence-corrected chi connectivity index (χ4v) is 1.42. The number of carbonyl (C=O) groups excluding carboxylic acids is 2. The van der Waals surface area contributed by atoms with Crippen LogP contribution in [0.3, 0.4) is 0 Å². The maximum Gasteiger partial charge on any atom is 0.228 e. The van der Waals surface area contributed by atoms with Crippen LogP contribution in [0.15, 0.2) is 12.1 Å². The molecule has 0 fully saturated rings. The maximum absolute atomic E-state index is 11.6. The van der Waals surface area contributed by atoms with E-state index in [0.717, 1.165) is 0 Å². The van der Waals surface area contributed by atoms with Gasteiger partial charge >= 0.3 is 0 Å². The van der Waals surface area contributed by atoms with Crippen LogP contribution in [0.5, 0.6) is 17.2 Å². The van der Waals surface area contributed by atoms with E-state index < -0.39 is 11.6 Å². The molecular formula is C12H14O5. The van der Waals surface area contributed by atoms with E-state index in [9.17, 15) is 9.59 Å². The molecule has 0 aliphatic carbocycles. The van der Waals surface area contributed by atoms with Gasteiger partial charge in [0.05, 0.1) is 21.3 Å². The number of methoxy groups -OCH3 is 3. The molecule has 0 saturated heterocycles. The molecule has 0 saturated carbocycles. The topological polar surface area (TPSA) is 61.8 Å². The predicted molar refractivity (Wildman–Crippen MR) is 61.1 cm³/mol. The molecule has 92 valence electrons. The van der Waals surface area contributed by atoms with E-state index in [1.54, 1.807) is 0 Å². The number of Topliss-reactive ketones (excluding diaryl/α,β-unsaturated/α-hetero) is 2. The Morgan fingerprint density at radius 3 is 1.71 bits per heavy atom. The van der Waals surface area contributed by atoms with Crippen LogP contribution in [0.1, 0.15) is 17.3 Å². The first-order valence-corrected chi connectivity index (χ1v) is 4.90. The Hall–Kier alpha value is -2.04. The monoisotopic (exact) mass is 238 g/mol. The summed E-state index contributed by atoms with van der Waals surface area (Å²) in [6.07, 6.45) is 0. The third kappa shape index (κ3) is 2.55. The summed E-state index contributed by atoms with van der Waals surface area (Å²) in [6, 6.07) is 2.90. The van der Waals surface area contributed by atoms with Crippen LogP contribution in [0.25, 0.3) is 0 Å². The highest BCUT2D eigenvalue weighted by Gasteiger charge is 2.18. The largest absolute Gasteiger partial charge is 0.493 e. The van der Waals surface area contributed by atoms with E-state index >= 15 is 0 Å². The van der Waals surface area contributed by atoms with E-state index in [0.29, 0.717) is 17.2 Å². The lowest BCUT2D eigenvalue weighted by molar-refractivity contribution is -0.113. The molecule has 1 rings (SSSR count). The number of ether oxygens (including phenoxy) is 3. The molecule has 0 unspecified atom stereocenters. The van der Waals surface area contributed by atoms with Crippen molar-refractivity contribution in [1.29, 1.82) is 0 Å². The standard InChI is InChI=1S/C12H14O5/c1-7(13)11(14)8-5-9(15-2)12(17-4)10(6-8)16-3/h5-6H,1-4H3. The van der Waals surface area contributed by atoms with Crippen LogP contribution in [0.4, 0.5) is 0 Å². The summed E-state index contributed by atoms with van der Waals surface area (Å²) in [4.78, 5) is 22.6. The molecule has 5 heteroatoms. The van der Waals surface area contributed by atoms with Gasteiger partial charge in [-0.15, -0.1) is 0 Å². The lowest BCUT2D eigenvalue weighted by Gasteiger charge is -2.13. The summed E-state index contributed by atoms with van der Waals surface area (Å²) in [5.41, 5.74) is 0.215. The Balaban J connectivity index is 3.37. The molecule has 0 heterocycles. The minimum atomic E-state index is -0.593. The number of ketones is 2. The van der Waals surface area contributed by atoms with Gasteiger partial charge in [-0.1, -0.05) is 0 Å². The van der Waals surface area contributed by atoms with Crippen LogP contribution in [-0.2, 0) is 4.79 Å². The predicted octanol–water partition coefficient (Wildman–Crippen LogP) is 1.48. The zero-order chi connectivity index (χ0) is 13.0. The quantitative estimate of drug-likeness (QED) is 0.574. The van der Waals surface area contributed by atoms with Gasteiger partial charge in [-0.05, 0) is 12.1 Å². The molecule has 1 aromatic carbocycles. The van der Waals surface area contributed by atoms with Crippen molar-refractivity contribution < 1.29 is 23.8 Å². The maximum atomic E-state index is 11.6. The minimum Gasteiger partial charge on any atom is -0.493 e. The van der Waals surface area contributed by atoms with Gasteiger partial charge in [0.25, 0.3) is 0 Å². The SMILES string of the molecule is COc1cc(C(=O)C(C)=O)cc(OC)c1OC.